The van der Waals surface area contributed by atoms with Crippen LogP contribution in [0.1, 0.15) is 11.3 Å². The van der Waals surface area contributed by atoms with E-state index in [9.17, 15) is 0 Å². The summed E-state index contributed by atoms with van der Waals surface area (Å²) in [5.41, 5.74) is 2.22. The number of nitrogens with zero attached hydrogens (tertiary/aromatic N) is 3. The van der Waals surface area contributed by atoms with Gasteiger partial charge in [-0.3, -0.25) is 4.68 Å². The largest absolute Gasteiger partial charge is 0.364 e. The number of anilines is 1. The van der Waals surface area contributed by atoms with E-state index < -0.39 is 0 Å². The highest BCUT2D eigenvalue weighted by atomic mass is 15.3. The van der Waals surface area contributed by atoms with Gasteiger partial charge in [-0.05, 0) is 30.7 Å². The zero-order chi connectivity index (χ0) is 10.7. The Morgan fingerprint density at radius 2 is 2.27 bits per heavy atom. The van der Waals surface area contributed by atoms with Crippen molar-refractivity contribution in [2.75, 3.05) is 5.32 Å². The topological polar surface area (TPSA) is 42.7 Å². The van der Waals surface area contributed by atoms with Crippen LogP contribution in [0.4, 0.5) is 5.82 Å². The quantitative estimate of drug-likeness (QED) is 0.824. The van der Waals surface area contributed by atoms with E-state index in [0.29, 0.717) is 6.54 Å². The lowest BCUT2D eigenvalue weighted by molar-refractivity contribution is 0.747. The molecule has 0 fully saturated rings. The van der Waals surface area contributed by atoms with Gasteiger partial charge in [-0.15, -0.1) is 0 Å². The summed E-state index contributed by atoms with van der Waals surface area (Å²) < 4.78 is 1.79. The number of rotatable bonds is 3. The molecule has 0 aliphatic carbocycles. The summed E-state index contributed by atoms with van der Waals surface area (Å²) in [7, 11) is 1.91. The molecule has 0 aromatic carbocycles. The van der Waals surface area contributed by atoms with Crippen molar-refractivity contribution in [3.05, 3.63) is 41.9 Å². The van der Waals surface area contributed by atoms with E-state index in [0.717, 1.165) is 11.5 Å². The lowest BCUT2D eigenvalue weighted by Crippen LogP contribution is -2.02. The lowest BCUT2D eigenvalue weighted by Gasteiger charge is -2.03. The van der Waals surface area contributed by atoms with Crippen molar-refractivity contribution in [2.45, 2.75) is 13.5 Å². The van der Waals surface area contributed by atoms with Crippen molar-refractivity contribution in [3.8, 4) is 0 Å². The minimum Gasteiger partial charge on any atom is -0.364 e. The molecule has 2 heterocycles. The Balaban J connectivity index is 1.99. The highest BCUT2D eigenvalue weighted by molar-refractivity contribution is 5.37. The van der Waals surface area contributed by atoms with Gasteiger partial charge in [0.15, 0.2) is 0 Å². The maximum absolute atomic E-state index is 4.27. The first kappa shape index (κ1) is 9.71. The fraction of sp³-hybridized carbons (Fsp3) is 0.273. The molecule has 0 unspecified atom stereocenters. The Morgan fingerprint density at radius 3 is 2.93 bits per heavy atom. The Kier molecular flexibility index (Phi) is 2.67. The summed E-state index contributed by atoms with van der Waals surface area (Å²) in [6.45, 7) is 2.75. The van der Waals surface area contributed by atoms with E-state index in [4.69, 9.17) is 0 Å². The van der Waals surface area contributed by atoms with Gasteiger partial charge in [0, 0.05) is 19.4 Å². The molecular weight excluding hydrogens is 188 g/mol. The molecule has 2 aromatic heterocycles. The molecule has 1 N–H and O–H groups in total. The van der Waals surface area contributed by atoms with Crippen LogP contribution in [-0.4, -0.2) is 14.8 Å². The summed E-state index contributed by atoms with van der Waals surface area (Å²) in [6, 6.07) is 5.98. The van der Waals surface area contributed by atoms with Crippen molar-refractivity contribution in [3.63, 3.8) is 0 Å². The molecule has 4 nitrogen and oxygen atoms in total. The molecule has 0 saturated heterocycles. The summed E-state index contributed by atoms with van der Waals surface area (Å²) in [5.74, 6) is 0.889. The third kappa shape index (κ3) is 2.56. The SMILES string of the molecule is Cc1ccnc(NCc2ccn(C)n2)c1. The van der Waals surface area contributed by atoms with Gasteiger partial charge in [-0.2, -0.15) is 5.10 Å². The lowest BCUT2D eigenvalue weighted by atomic mass is 10.3. The second-order valence-electron chi connectivity index (χ2n) is 3.55. The zero-order valence-electron chi connectivity index (χ0n) is 8.94. The van der Waals surface area contributed by atoms with Gasteiger partial charge in [0.25, 0.3) is 0 Å². The number of hydrogen-bond donors (Lipinski definition) is 1. The summed E-state index contributed by atoms with van der Waals surface area (Å²) in [6.07, 6.45) is 3.73. The minimum atomic E-state index is 0.706. The van der Waals surface area contributed by atoms with Crippen molar-refractivity contribution < 1.29 is 0 Å². The van der Waals surface area contributed by atoms with E-state index in [1.165, 1.54) is 5.56 Å². The zero-order valence-corrected chi connectivity index (χ0v) is 8.94. The van der Waals surface area contributed by atoms with Crippen LogP contribution in [0, 0.1) is 6.92 Å². The fourth-order valence-electron chi connectivity index (χ4n) is 1.37. The van der Waals surface area contributed by atoms with Gasteiger partial charge in [0.05, 0.1) is 12.2 Å². The normalized spacial score (nSPS) is 10.3. The van der Waals surface area contributed by atoms with Crippen LogP contribution in [0.15, 0.2) is 30.6 Å². The number of pyridine rings is 1. The molecule has 15 heavy (non-hydrogen) atoms. The van der Waals surface area contributed by atoms with Gasteiger partial charge in [0.1, 0.15) is 5.82 Å². The maximum atomic E-state index is 4.27. The Bertz CT molecular complexity index is 447. The Labute approximate surface area is 89.0 Å². The van der Waals surface area contributed by atoms with Crippen molar-refractivity contribution in [2.24, 2.45) is 7.05 Å². The maximum Gasteiger partial charge on any atom is 0.126 e. The molecule has 0 aliphatic heterocycles. The van der Waals surface area contributed by atoms with Crippen LogP contribution in [0.2, 0.25) is 0 Å². The average Bonchev–Trinajstić information content (AvgIpc) is 2.62. The van der Waals surface area contributed by atoms with E-state index >= 15 is 0 Å². The van der Waals surface area contributed by atoms with Gasteiger partial charge < -0.3 is 5.32 Å². The summed E-state index contributed by atoms with van der Waals surface area (Å²) in [4.78, 5) is 4.22. The van der Waals surface area contributed by atoms with E-state index in [-0.39, 0.29) is 0 Å². The molecule has 0 amide bonds. The monoisotopic (exact) mass is 202 g/mol. The molecule has 2 rings (SSSR count). The molecule has 0 aliphatic rings. The third-order valence-corrected chi connectivity index (χ3v) is 2.13. The van der Waals surface area contributed by atoms with E-state index in [1.807, 2.05) is 38.4 Å². The van der Waals surface area contributed by atoms with Crippen LogP contribution < -0.4 is 5.32 Å². The summed E-state index contributed by atoms with van der Waals surface area (Å²) in [5, 5.41) is 7.50. The van der Waals surface area contributed by atoms with E-state index in [1.54, 1.807) is 10.9 Å². The minimum absolute atomic E-state index is 0.706. The number of nitrogens with one attached hydrogen (secondary N) is 1. The standard InChI is InChI=1S/C11H14N4/c1-9-3-5-12-11(7-9)13-8-10-4-6-15(2)14-10/h3-7H,8H2,1-2H3,(H,12,13). The number of aryl methyl sites for hydroxylation is 2. The molecule has 0 radical (unpaired) electrons. The van der Waals surface area contributed by atoms with Crippen LogP contribution in [0.25, 0.3) is 0 Å². The predicted molar refractivity (Wildman–Crippen MR) is 59.5 cm³/mol. The van der Waals surface area contributed by atoms with Gasteiger partial charge in [-0.1, -0.05) is 0 Å². The molecular formula is C11H14N4. The van der Waals surface area contributed by atoms with Crippen molar-refractivity contribution in [1.29, 1.82) is 0 Å². The third-order valence-electron chi connectivity index (χ3n) is 2.13. The molecule has 0 atom stereocenters. The molecule has 0 bridgehead atoms. The highest BCUT2D eigenvalue weighted by Gasteiger charge is 1.97. The van der Waals surface area contributed by atoms with Gasteiger partial charge >= 0.3 is 0 Å². The Morgan fingerprint density at radius 1 is 1.40 bits per heavy atom. The van der Waals surface area contributed by atoms with Crippen LogP contribution in [0.3, 0.4) is 0 Å². The average molecular weight is 202 g/mol. The highest BCUT2D eigenvalue weighted by Crippen LogP contribution is 2.06. The van der Waals surface area contributed by atoms with Crippen LogP contribution in [-0.2, 0) is 13.6 Å². The molecule has 0 spiro atoms. The molecule has 0 saturated carbocycles. The van der Waals surface area contributed by atoms with Gasteiger partial charge in [0.2, 0.25) is 0 Å². The second-order valence-corrected chi connectivity index (χ2v) is 3.55. The van der Waals surface area contributed by atoms with E-state index in [2.05, 4.69) is 15.4 Å². The summed E-state index contributed by atoms with van der Waals surface area (Å²) >= 11 is 0. The molecule has 4 heteroatoms. The first-order valence-corrected chi connectivity index (χ1v) is 4.89. The van der Waals surface area contributed by atoms with Crippen LogP contribution >= 0.6 is 0 Å². The second kappa shape index (κ2) is 4.13. The molecule has 78 valence electrons. The fourth-order valence-corrected chi connectivity index (χ4v) is 1.37. The Hall–Kier alpha value is -1.84. The van der Waals surface area contributed by atoms with Gasteiger partial charge in [-0.25, -0.2) is 4.98 Å². The predicted octanol–water partition coefficient (Wildman–Crippen LogP) is 1.74. The van der Waals surface area contributed by atoms with Crippen molar-refractivity contribution in [1.82, 2.24) is 14.8 Å². The first-order chi connectivity index (χ1) is 7.24. The number of hydrogen-bond acceptors (Lipinski definition) is 3. The number of aromatic nitrogens is 3. The van der Waals surface area contributed by atoms with Crippen LogP contribution in [0.5, 0.6) is 0 Å². The van der Waals surface area contributed by atoms with Crippen molar-refractivity contribution >= 4 is 5.82 Å². The first-order valence-electron chi connectivity index (χ1n) is 4.89. The molecule has 2 aromatic rings. The smallest absolute Gasteiger partial charge is 0.126 e.